The number of alkyl halides is 1. The highest BCUT2D eigenvalue weighted by Crippen LogP contribution is 2.23. The zero-order valence-electron chi connectivity index (χ0n) is 7.58. The van der Waals surface area contributed by atoms with Gasteiger partial charge in [-0.05, 0) is 12.8 Å². The van der Waals surface area contributed by atoms with Crippen molar-refractivity contribution in [2.45, 2.75) is 29.9 Å². The maximum atomic E-state index is 5.60. The van der Waals surface area contributed by atoms with E-state index in [4.69, 9.17) is 14.2 Å². The average Bonchev–Trinajstić information content (AvgIpc) is 2.86. The molecule has 13 heavy (non-hydrogen) atoms. The molecule has 0 bridgehead atoms. The summed E-state index contributed by atoms with van der Waals surface area (Å²) in [4.78, 5) is 0.355. The normalized spacial score (nSPS) is 33.9. The lowest BCUT2D eigenvalue weighted by atomic mass is 10.3. The van der Waals surface area contributed by atoms with Crippen molar-refractivity contribution in [1.29, 1.82) is 0 Å². The van der Waals surface area contributed by atoms with Crippen LogP contribution >= 0.6 is 15.9 Å². The molecule has 0 aromatic carbocycles. The van der Waals surface area contributed by atoms with Gasteiger partial charge in [0, 0.05) is 0 Å². The predicted molar refractivity (Wildman–Crippen MR) is 52.2 cm³/mol. The lowest BCUT2D eigenvalue weighted by Gasteiger charge is -2.12. The molecular weight excluding hydrogens is 236 g/mol. The summed E-state index contributed by atoms with van der Waals surface area (Å²) in [6.07, 6.45) is 3.20. The van der Waals surface area contributed by atoms with Crippen molar-refractivity contribution < 1.29 is 14.2 Å². The SMILES string of the molecule is BrC1COCC1OCCOC1CC1. The maximum Gasteiger partial charge on any atom is 0.0956 e. The fraction of sp³-hybridized carbons (Fsp3) is 1.00. The summed E-state index contributed by atoms with van der Waals surface area (Å²) in [5.41, 5.74) is 0. The summed E-state index contributed by atoms with van der Waals surface area (Å²) in [5.74, 6) is 0. The van der Waals surface area contributed by atoms with Crippen molar-refractivity contribution in [2.24, 2.45) is 0 Å². The fourth-order valence-corrected chi connectivity index (χ4v) is 1.80. The Labute approximate surface area is 86.9 Å². The number of hydrogen-bond donors (Lipinski definition) is 0. The van der Waals surface area contributed by atoms with Crippen molar-refractivity contribution >= 4 is 15.9 Å². The molecule has 1 saturated heterocycles. The Balaban J connectivity index is 1.51. The second kappa shape index (κ2) is 4.73. The summed E-state index contributed by atoms with van der Waals surface area (Å²) in [7, 11) is 0. The van der Waals surface area contributed by atoms with Crippen LogP contribution in [0.2, 0.25) is 0 Å². The highest BCUT2D eigenvalue weighted by Gasteiger charge is 2.27. The minimum absolute atomic E-state index is 0.211. The van der Waals surface area contributed by atoms with Crippen LogP contribution in [0.3, 0.4) is 0 Å². The van der Waals surface area contributed by atoms with Crippen LogP contribution in [0.15, 0.2) is 0 Å². The van der Waals surface area contributed by atoms with Gasteiger partial charge in [-0.25, -0.2) is 0 Å². The van der Waals surface area contributed by atoms with Gasteiger partial charge in [0.05, 0.1) is 43.5 Å². The molecule has 0 N–H and O–H groups in total. The average molecular weight is 251 g/mol. The molecule has 4 heteroatoms. The van der Waals surface area contributed by atoms with Crippen molar-refractivity contribution in [3.8, 4) is 0 Å². The molecule has 0 amide bonds. The summed E-state index contributed by atoms with van der Waals surface area (Å²) in [6.45, 7) is 2.88. The van der Waals surface area contributed by atoms with Crippen LogP contribution in [-0.4, -0.2) is 43.5 Å². The summed E-state index contributed by atoms with van der Waals surface area (Å²) < 4.78 is 16.3. The molecule has 2 aliphatic rings. The number of hydrogen-bond acceptors (Lipinski definition) is 3. The highest BCUT2D eigenvalue weighted by atomic mass is 79.9. The first-order valence-electron chi connectivity index (χ1n) is 4.81. The van der Waals surface area contributed by atoms with Gasteiger partial charge in [-0.15, -0.1) is 0 Å². The lowest BCUT2D eigenvalue weighted by molar-refractivity contribution is -0.00147. The first-order chi connectivity index (χ1) is 6.36. The van der Waals surface area contributed by atoms with E-state index in [0.29, 0.717) is 24.1 Å². The molecule has 1 aliphatic heterocycles. The summed E-state index contributed by atoms with van der Waals surface area (Å²) in [6, 6.07) is 0. The molecule has 2 atom stereocenters. The molecular formula is C9H15BrO3. The maximum absolute atomic E-state index is 5.60. The minimum atomic E-state index is 0.211. The van der Waals surface area contributed by atoms with Gasteiger partial charge in [0.2, 0.25) is 0 Å². The van der Waals surface area contributed by atoms with Crippen molar-refractivity contribution in [3.05, 3.63) is 0 Å². The van der Waals surface area contributed by atoms with Crippen LogP contribution in [0.25, 0.3) is 0 Å². The van der Waals surface area contributed by atoms with E-state index < -0.39 is 0 Å². The van der Waals surface area contributed by atoms with E-state index in [0.717, 1.165) is 13.2 Å². The molecule has 0 aromatic rings. The Morgan fingerprint density at radius 1 is 1.15 bits per heavy atom. The van der Waals surface area contributed by atoms with Crippen LogP contribution in [-0.2, 0) is 14.2 Å². The molecule has 2 rings (SSSR count). The molecule has 0 radical (unpaired) electrons. The zero-order valence-corrected chi connectivity index (χ0v) is 9.16. The molecule has 2 fully saturated rings. The van der Waals surface area contributed by atoms with Gasteiger partial charge in [-0.3, -0.25) is 0 Å². The minimum Gasteiger partial charge on any atom is -0.377 e. The topological polar surface area (TPSA) is 27.7 Å². The van der Waals surface area contributed by atoms with Crippen LogP contribution in [0.1, 0.15) is 12.8 Å². The van der Waals surface area contributed by atoms with E-state index in [-0.39, 0.29) is 6.10 Å². The smallest absolute Gasteiger partial charge is 0.0956 e. The highest BCUT2D eigenvalue weighted by molar-refractivity contribution is 9.09. The Bertz CT molecular complexity index is 161. The number of ether oxygens (including phenoxy) is 3. The fourth-order valence-electron chi connectivity index (χ4n) is 1.31. The lowest BCUT2D eigenvalue weighted by Crippen LogP contribution is -2.24. The third-order valence-corrected chi connectivity index (χ3v) is 3.11. The first-order valence-corrected chi connectivity index (χ1v) is 5.73. The largest absolute Gasteiger partial charge is 0.377 e. The van der Waals surface area contributed by atoms with Gasteiger partial charge in [-0.1, -0.05) is 15.9 Å². The van der Waals surface area contributed by atoms with Crippen LogP contribution in [0.4, 0.5) is 0 Å². The molecule has 3 nitrogen and oxygen atoms in total. The number of halogens is 1. The van der Waals surface area contributed by atoms with Crippen LogP contribution < -0.4 is 0 Å². The molecule has 2 unspecified atom stereocenters. The molecule has 1 aliphatic carbocycles. The van der Waals surface area contributed by atoms with E-state index in [1.807, 2.05) is 0 Å². The summed E-state index contributed by atoms with van der Waals surface area (Å²) in [5, 5.41) is 0. The molecule has 1 saturated carbocycles. The predicted octanol–water partition coefficient (Wildman–Crippen LogP) is 1.34. The van der Waals surface area contributed by atoms with Gasteiger partial charge in [0.15, 0.2) is 0 Å². The van der Waals surface area contributed by atoms with Crippen LogP contribution in [0.5, 0.6) is 0 Å². The Kier molecular flexibility index (Phi) is 3.60. The van der Waals surface area contributed by atoms with Crippen molar-refractivity contribution in [1.82, 2.24) is 0 Å². The first kappa shape index (κ1) is 9.90. The summed E-state index contributed by atoms with van der Waals surface area (Å²) >= 11 is 3.51. The second-order valence-electron chi connectivity index (χ2n) is 3.53. The van der Waals surface area contributed by atoms with E-state index in [1.54, 1.807) is 0 Å². The van der Waals surface area contributed by atoms with E-state index in [9.17, 15) is 0 Å². The Hall–Kier alpha value is 0.360. The van der Waals surface area contributed by atoms with E-state index in [2.05, 4.69) is 15.9 Å². The van der Waals surface area contributed by atoms with Gasteiger partial charge in [0.25, 0.3) is 0 Å². The third kappa shape index (κ3) is 3.20. The zero-order chi connectivity index (χ0) is 9.10. The van der Waals surface area contributed by atoms with Crippen molar-refractivity contribution in [2.75, 3.05) is 26.4 Å². The van der Waals surface area contributed by atoms with Gasteiger partial charge in [-0.2, -0.15) is 0 Å². The second-order valence-corrected chi connectivity index (χ2v) is 4.71. The van der Waals surface area contributed by atoms with Gasteiger partial charge < -0.3 is 14.2 Å². The van der Waals surface area contributed by atoms with Gasteiger partial charge >= 0.3 is 0 Å². The quantitative estimate of drug-likeness (QED) is 0.545. The van der Waals surface area contributed by atoms with E-state index in [1.165, 1.54) is 12.8 Å². The van der Waals surface area contributed by atoms with Crippen LogP contribution in [0, 0.1) is 0 Å². The Morgan fingerprint density at radius 3 is 2.54 bits per heavy atom. The van der Waals surface area contributed by atoms with E-state index >= 15 is 0 Å². The molecule has 1 heterocycles. The standard InChI is InChI=1S/C9H15BrO3/c10-8-5-11-6-9(8)13-4-3-12-7-1-2-7/h7-9H,1-6H2. The molecule has 76 valence electrons. The monoisotopic (exact) mass is 250 g/mol. The molecule has 0 aromatic heterocycles. The van der Waals surface area contributed by atoms with Crippen molar-refractivity contribution in [3.63, 3.8) is 0 Å². The number of rotatable bonds is 5. The van der Waals surface area contributed by atoms with Gasteiger partial charge in [0.1, 0.15) is 0 Å². The Morgan fingerprint density at radius 2 is 1.92 bits per heavy atom. The molecule has 0 spiro atoms. The third-order valence-electron chi connectivity index (χ3n) is 2.26.